The maximum atomic E-state index is 2.14. The molecule has 1 aromatic rings. The molecule has 0 saturated carbocycles. The van der Waals surface area contributed by atoms with Crippen LogP contribution in [0.5, 0.6) is 0 Å². The van der Waals surface area contributed by atoms with E-state index in [4.69, 9.17) is 0 Å². The van der Waals surface area contributed by atoms with Crippen molar-refractivity contribution in [3.05, 3.63) is 12.1 Å². The molecular weight excluding hydrogens is 156 g/mol. The highest BCUT2D eigenvalue weighted by molar-refractivity contribution is 7.19. The highest BCUT2D eigenvalue weighted by atomic mass is 32.1. The molecule has 0 spiro atoms. The lowest BCUT2D eigenvalue weighted by atomic mass is 10.5. The van der Waals surface area contributed by atoms with E-state index in [1.807, 2.05) is 0 Å². The topological polar surface area (TPSA) is 6.48 Å². The fourth-order valence-electron chi connectivity index (χ4n) is 0.798. The smallest absolute Gasteiger partial charge is 0.0925 e. The fourth-order valence-corrected chi connectivity index (χ4v) is 1.65. The molecule has 2 nitrogen and oxygen atoms in total. The Morgan fingerprint density at radius 1 is 0.909 bits per heavy atom. The van der Waals surface area contributed by atoms with Crippen LogP contribution in [0.25, 0.3) is 0 Å². The van der Waals surface area contributed by atoms with E-state index in [2.05, 4.69) is 50.1 Å². The first-order valence-electron chi connectivity index (χ1n) is 3.55. The van der Waals surface area contributed by atoms with E-state index < -0.39 is 0 Å². The second kappa shape index (κ2) is 3.13. The molecule has 0 radical (unpaired) electrons. The lowest BCUT2D eigenvalue weighted by Crippen LogP contribution is -2.07. The van der Waals surface area contributed by atoms with Crippen LogP contribution in [0.3, 0.4) is 0 Å². The van der Waals surface area contributed by atoms with E-state index >= 15 is 0 Å². The van der Waals surface area contributed by atoms with E-state index in [1.165, 1.54) is 10.0 Å². The lowest BCUT2D eigenvalue weighted by molar-refractivity contribution is 1.16. The van der Waals surface area contributed by atoms with Gasteiger partial charge in [0.25, 0.3) is 0 Å². The number of rotatable bonds is 2. The molecule has 11 heavy (non-hydrogen) atoms. The highest BCUT2D eigenvalue weighted by Crippen LogP contribution is 2.29. The fraction of sp³-hybridized carbons (Fsp3) is 0.500. The van der Waals surface area contributed by atoms with Gasteiger partial charge in [-0.3, -0.25) is 0 Å². The van der Waals surface area contributed by atoms with Crippen molar-refractivity contribution in [1.29, 1.82) is 0 Å². The first-order chi connectivity index (χ1) is 5.11. The lowest BCUT2D eigenvalue weighted by Gasteiger charge is -2.10. The number of hydrogen-bond donors (Lipinski definition) is 0. The van der Waals surface area contributed by atoms with Crippen LogP contribution in [0.4, 0.5) is 10.0 Å². The van der Waals surface area contributed by atoms with Gasteiger partial charge in [0, 0.05) is 28.2 Å². The minimum absolute atomic E-state index is 1.30. The minimum atomic E-state index is 1.30. The van der Waals surface area contributed by atoms with Crippen LogP contribution in [-0.2, 0) is 0 Å². The second-order valence-corrected chi connectivity index (χ2v) is 3.94. The molecule has 0 saturated heterocycles. The van der Waals surface area contributed by atoms with Crippen molar-refractivity contribution in [3.63, 3.8) is 0 Å². The molecule has 0 aliphatic heterocycles. The zero-order valence-electron chi connectivity index (χ0n) is 7.46. The third-order valence-corrected chi connectivity index (χ3v) is 2.88. The largest absolute Gasteiger partial charge is 0.370 e. The van der Waals surface area contributed by atoms with Gasteiger partial charge in [-0.2, -0.15) is 0 Å². The van der Waals surface area contributed by atoms with Crippen LogP contribution in [0, 0.1) is 0 Å². The Labute approximate surface area is 72.1 Å². The number of nitrogens with zero attached hydrogens (tertiary/aromatic N) is 2. The summed E-state index contributed by atoms with van der Waals surface area (Å²) in [5.74, 6) is 0. The van der Waals surface area contributed by atoms with Crippen molar-refractivity contribution < 1.29 is 0 Å². The summed E-state index contributed by atoms with van der Waals surface area (Å²) in [6.07, 6.45) is 0. The first-order valence-corrected chi connectivity index (χ1v) is 4.37. The number of hydrogen-bond acceptors (Lipinski definition) is 3. The third-order valence-electron chi connectivity index (χ3n) is 1.46. The van der Waals surface area contributed by atoms with E-state index in [0.717, 1.165) is 0 Å². The van der Waals surface area contributed by atoms with E-state index in [1.54, 1.807) is 11.3 Å². The summed E-state index contributed by atoms with van der Waals surface area (Å²) in [6.45, 7) is 0. The molecule has 0 aliphatic rings. The van der Waals surface area contributed by atoms with E-state index in [9.17, 15) is 0 Å². The SMILES string of the molecule is CN(C)c1ccc(N(C)C)s1. The maximum absolute atomic E-state index is 2.14. The van der Waals surface area contributed by atoms with E-state index in [-0.39, 0.29) is 0 Å². The molecule has 1 heterocycles. The van der Waals surface area contributed by atoms with Crippen LogP contribution < -0.4 is 9.80 Å². The van der Waals surface area contributed by atoms with Crippen molar-refractivity contribution in [2.75, 3.05) is 38.0 Å². The van der Waals surface area contributed by atoms with E-state index in [0.29, 0.717) is 0 Å². The van der Waals surface area contributed by atoms with Gasteiger partial charge in [0.1, 0.15) is 0 Å². The van der Waals surface area contributed by atoms with Gasteiger partial charge >= 0.3 is 0 Å². The predicted octanol–water partition coefficient (Wildman–Crippen LogP) is 1.88. The molecular formula is C8H14N2S. The van der Waals surface area contributed by atoms with Crippen LogP contribution in [0.15, 0.2) is 12.1 Å². The third kappa shape index (κ3) is 1.87. The van der Waals surface area contributed by atoms with Crippen molar-refractivity contribution in [2.24, 2.45) is 0 Å². The van der Waals surface area contributed by atoms with Gasteiger partial charge in [-0.25, -0.2) is 0 Å². The van der Waals surface area contributed by atoms with Crippen molar-refractivity contribution in [3.8, 4) is 0 Å². The first kappa shape index (κ1) is 8.40. The molecule has 0 atom stereocenters. The minimum Gasteiger partial charge on any atom is -0.370 e. The summed E-state index contributed by atoms with van der Waals surface area (Å²) in [6, 6.07) is 4.28. The molecule has 0 N–H and O–H groups in total. The number of thiophene rings is 1. The molecule has 0 fully saturated rings. The van der Waals surface area contributed by atoms with Gasteiger partial charge in [-0.15, -0.1) is 11.3 Å². The Kier molecular flexibility index (Phi) is 2.39. The normalized spacial score (nSPS) is 9.82. The Balaban J connectivity index is 2.82. The molecule has 0 aromatic carbocycles. The van der Waals surface area contributed by atoms with Gasteiger partial charge < -0.3 is 9.80 Å². The van der Waals surface area contributed by atoms with Crippen LogP contribution in [0.1, 0.15) is 0 Å². The van der Waals surface area contributed by atoms with Gasteiger partial charge in [0.2, 0.25) is 0 Å². The molecule has 1 rings (SSSR count). The second-order valence-electron chi connectivity index (χ2n) is 2.90. The van der Waals surface area contributed by atoms with Crippen molar-refractivity contribution in [1.82, 2.24) is 0 Å². The zero-order chi connectivity index (χ0) is 8.43. The summed E-state index contributed by atoms with van der Waals surface area (Å²) in [5.41, 5.74) is 0. The molecule has 0 amide bonds. The van der Waals surface area contributed by atoms with Gasteiger partial charge in [0.15, 0.2) is 0 Å². The summed E-state index contributed by atoms with van der Waals surface area (Å²) in [4.78, 5) is 4.25. The van der Waals surface area contributed by atoms with Gasteiger partial charge in [-0.05, 0) is 12.1 Å². The molecule has 1 aromatic heterocycles. The summed E-state index contributed by atoms with van der Waals surface area (Å²) in [7, 11) is 8.24. The van der Waals surface area contributed by atoms with Crippen molar-refractivity contribution in [2.45, 2.75) is 0 Å². The number of anilines is 2. The molecule has 62 valence electrons. The standard InChI is InChI=1S/C8H14N2S/c1-9(2)7-5-6-8(11-7)10(3)4/h5-6H,1-4H3. The van der Waals surface area contributed by atoms with Crippen LogP contribution in [0.2, 0.25) is 0 Å². The van der Waals surface area contributed by atoms with Crippen LogP contribution in [-0.4, -0.2) is 28.2 Å². The predicted molar refractivity (Wildman–Crippen MR) is 53.0 cm³/mol. The van der Waals surface area contributed by atoms with Gasteiger partial charge in [-0.1, -0.05) is 0 Å². The molecule has 0 unspecified atom stereocenters. The molecule has 3 heteroatoms. The average molecular weight is 170 g/mol. The van der Waals surface area contributed by atoms with Crippen molar-refractivity contribution >= 4 is 21.3 Å². The van der Waals surface area contributed by atoms with Gasteiger partial charge in [0.05, 0.1) is 10.0 Å². The van der Waals surface area contributed by atoms with Crippen LogP contribution >= 0.6 is 11.3 Å². The molecule has 0 aliphatic carbocycles. The summed E-state index contributed by atoms with van der Waals surface area (Å²) < 4.78 is 0. The Morgan fingerprint density at radius 2 is 1.27 bits per heavy atom. The summed E-state index contributed by atoms with van der Waals surface area (Å²) in [5, 5.41) is 2.60. The Bertz CT molecular complexity index is 205. The molecule has 0 bridgehead atoms. The maximum Gasteiger partial charge on any atom is 0.0925 e. The monoisotopic (exact) mass is 170 g/mol. The Morgan fingerprint density at radius 3 is 1.45 bits per heavy atom. The zero-order valence-corrected chi connectivity index (χ0v) is 8.27. The Hall–Kier alpha value is -0.700. The summed E-state index contributed by atoms with van der Waals surface area (Å²) >= 11 is 1.80. The highest BCUT2D eigenvalue weighted by Gasteiger charge is 2.01. The average Bonchev–Trinajstić information content (AvgIpc) is 2.33. The quantitative estimate of drug-likeness (QED) is 0.668.